The van der Waals surface area contributed by atoms with Crippen molar-refractivity contribution in [2.45, 2.75) is 44.0 Å². The molecule has 0 unspecified atom stereocenters. The van der Waals surface area contributed by atoms with Gasteiger partial charge in [0.2, 0.25) is 10.0 Å². The van der Waals surface area contributed by atoms with Crippen molar-refractivity contribution in [3.05, 3.63) is 22.7 Å². The van der Waals surface area contributed by atoms with E-state index in [1.807, 2.05) is 13.8 Å². The highest BCUT2D eigenvalue weighted by Crippen LogP contribution is 2.27. The standard InChI is InChI=1S/C13H21ClN2O3S/c1-4-13(5-2,8-17)16-20(18,19)12-7-10(14)6-11(15)9(12)3/h6-7,16-17H,4-5,8,15H2,1-3H3. The maximum Gasteiger partial charge on any atom is 0.241 e. The number of anilines is 1. The summed E-state index contributed by atoms with van der Waals surface area (Å²) in [6.07, 6.45) is 0.961. The Morgan fingerprint density at radius 1 is 1.35 bits per heavy atom. The average Bonchev–Trinajstić information content (AvgIpc) is 2.40. The highest BCUT2D eigenvalue weighted by atomic mass is 35.5. The SMILES string of the molecule is CCC(CC)(CO)NS(=O)(=O)c1cc(Cl)cc(N)c1C. The van der Waals surface area contributed by atoms with Gasteiger partial charge in [-0.3, -0.25) is 0 Å². The van der Waals surface area contributed by atoms with Gasteiger partial charge in [-0.2, -0.15) is 0 Å². The molecule has 0 aromatic heterocycles. The lowest BCUT2D eigenvalue weighted by Crippen LogP contribution is -2.50. The second-order valence-electron chi connectivity index (χ2n) is 4.87. The Balaban J connectivity index is 3.31. The van der Waals surface area contributed by atoms with Crippen LogP contribution in [0.1, 0.15) is 32.3 Å². The Morgan fingerprint density at radius 2 is 1.90 bits per heavy atom. The third kappa shape index (κ3) is 3.44. The molecule has 20 heavy (non-hydrogen) atoms. The van der Waals surface area contributed by atoms with Crippen LogP contribution >= 0.6 is 11.6 Å². The van der Waals surface area contributed by atoms with Gasteiger partial charge < -0.3 is 10.8 Å². The predicted molar refractivity (Wildman–Crippen MR) is 81.3 cm³/mol. The molecule has 0 spiro atoms. The van der Waals surface area contributed by atoms with Crippen molar-refractivity contribution in [2.24, 2.45) is 0 Å². The number of sulfonamides is 1. The molecule has 7 heteroatoms. The summed E-state index contributed by atoms with van der Waals surface area (Å²) in [6.45, 7) is 5.00. The van der Waals surface area contributed by atoms with Crippen molar-refractivity contribution in [3.63, 3.8) is 0 Å². The number of benzene rings is 1. The molecule has 5 nitrogen and oxygen atoms in total. The number of halogens is 1. The molecule has 1 aromatic carbocycles. The topological polar surface area (TPSA) is 92.4 Å². The number of nitrogens with two attached hydrogens (primary N) is 1. The minimum absolute atomic E-state index is 0.0437. The first-order valence-corrected chi connectivity index (χ1v) is 8.28. The molecule has 1 rings (SSSR count). The molecule has 0 aliphatic carbocycles. The van der Waals surface area contributed by atoms with E-state index >= 15 is 0 Å². The molecule has 0 fully saturated rings. The molecule has 0 atom stereocenters. The van der Waals surface area contributed by atoms with Gasteiger partial charge in [-0.25, -0.2) is 13.1 Å². The first-order valence-electron chi connectivity index (χ1n) is 6.42. The van der Waals surface area contributed by atoms with Crippen LogP contribution in [0.2, 0.25) is 5.02 Å². The lowest BCUT2D eigenvalue weighted by atomic mass is 9.96. The van der Waals surface area contributed by atoms with E-state index in [1.54, 1.807) is 6.92 Å². The molecule has 0 radical (unpaired) electrons. The fraction of sp³-hybridized carbons (Fsp3) is 0.538. The van der Waals surface area contributed by atoms with E-state index in [4.69, 9.17) is 17.3 Å². The molecule has 0 aliphatic rings. The third-order valence-corrected chi connectivity index (χ3v) is 5.58. The van der Waals surface area contributed by atoms with Crippen LogP contribution in [0.3, 0.4) is 0 Å². The summed E-state index contributed by atoms with van der Waals surface area (Å²) in [5.74, 6) is 0. The molecule has 114 valence electrons. The maximum absolute atomic E-state index is 12.5. The maximum atomic E-state index is 12.5. The Morgan fingerprint density at radius 3 is 2.35 bits per heavy atom. The molecule has 0 heterocycles. The fourth-order valence-corrected chi connectivity index (χ4v) is 4.07. The van der Waals surface area contributed by atoms with E-state index in [2.05, 4.69) is 4.72 Å². The Labute approximate surface area is 125 Å². The number of nitrogens with one attached hydrogen (secondary N) is 1. The fourth-order valence-electron chi connectivity index (χ4n) is 1.94. The monoisotopic (exact) mass is 320 g/mol. The quantitative estimate of drug-likeness (QED) is 0.699. The number of aliphatic hydroxyl groups is 1. The van der Waals surface area contributed by atoms with Gasteiger partial charge in [-0.05, 0) is 37.5 Å². The highest BCUT2D eigenvalue weighted by Gasteiger charge is 2.32. The molecule has 0 bridgehead atoms. The Bertz CT molecular complexity index is 575. The van der Waals surface area contributed by atoms with Crippen molar-refractivity contribution in [2.75, 3.05) is 12.3 Å². The minimum Gasteiger partial charge on any atom is -0.398 e. The summed E-state index contributed by atoms with van der Waals surface area (Å²) in [5, 5.41) is 9.75. The second-order valence-corrected chi connectivity index (χ2v) is 6.96. The van der Waals surface area contributed by atoms with E-state index in [1.165, 1.54) is 12.1 Å². The van der Waals surface area contributed by atoms with Gasteiger partial charge in [0.1, 0.15) is 0 Å². The predicted octanol–water partition coefficient (Wildman–Crippen LogP) is 2.06. The third-order valence-electron chi connectivity index (χ3n) is 3.66. The van der Waals surface area contributed by atoms with Crippen LogP contribution in [0.4, 0.5) is 5.69 Å². The molecular weight excluding hydrogens is 300 g/mol. The summed E-state index contributed by atoms with van der Waals surface area (Å²) < 4.78 is 27.6. The summed E-state index contributed by atoms with van der Waals surface area (Å²) in [7, 11) is -3.80. The zero-order valence-electron chi connectivity index (χ0n) is 11.9. The van der Waals surface area contributed by atoms with Gasteiger partial charge in [0.25, 0.3) is 0 Å². The van der Waals surface area contributed by atoms with E-state index in [9.17, 15) is 13.5 Å². The first-order chi connectivity index (χ1) is 9.21. The lowest BCUT2D eigenvalue weighted by molar-refractivity contribution is 0.172. The number of rotatable bonds is 6. The number of aliphatic hydroxyl groups excluding tert-OH is 1. The van der Waals surface area contributed by atoms with Gasteiger partial charge in [-0.15, -0.1) is 0 Å². The second kappa shape index (κ2) is 6.30. The van der Waals surface area contributed by atoms with Crippen LogP contribution in [-0.4, -0.2) is 25.7 Å². The Kier molecular flexibility index (Phi) is 5.43. The van der Waals surface area contributed by atoms with Gasteiger partial charge in [-0.1, -0.05) is 25.4 Å². The van der Waals surface area contributed by atoms with Crippen LogP contribution in [-0.2, 0) is 10.0 Å². The number of hydrogen-bond donors (Lipinski definition) is 3. The van der Waals surface area contributed by atoms with Gasteiger partial charge in [0, 0.05) is 10.7 Å². The van der Waals surface area contributed by atoms with Gasteiger partial charge >= 0.3 is 0 Å². The summed E-state index contributed by atoms with van der Waals surface area (Å²) in [5.41, 5.74) is 5.65. The van der Waals surface area contributed by atoms with Crippen LogP contribution < -0.4 is 10.5 Å². The van der Waals surface area contributed by atoms with Crippen molar-refractivity contribution >= 4 is 27.3 Å². The average molecular weight is 321 g/mol. The van der Waals surface area contributed by atoms with Crippen molar-refractivity contribution in [1.82, 2.24) is 4.72 Å². The molecule has 0 aliphatic heterocycles. The zero-order chi connectivity index (χ0) is 15.6. The lowest BCUT2D eigenvalue weighted by Gasteiger charge is -2.30. The van der Waals surface area contributed by atoms with E-state index in [0.29, 0.717) is 24.1 Å². The summed E-state index contributed by atoms with van der Waals surface area (Å²) in [4.78, 5) is 0.0437. The number of hydrogen-bond acceptors (Lipinski definition) is 4. The van der Waals surface area contributed by atoms with Crippen LogP contribution in [0, 0.1) is 6.92 Å². The zero-order valence-corrected chi connectivity index (χ0v) is 13.5. The van der Waals surface area contributed by atoms with Crippen LogP contribution in [0.15, 0.2) is 17.0 Å². The van der Waals surface area contributed by atoms with Crippen LogP contribution in [0.5, 0.6) is 0 Å². The number of nitrogen functional groups attached to an aromatic ring is 1. The van der Waals surface area contributed by atoms with E-state index in [-0.39, 0.29) is 16.5 Å². The van der Waals surface area contributed by atoms with Gasteiger partial charge in [0.15, 0.2) is 0 Å². The molecule has 0 amide bonds. The highest BCUT2D eigenvalue weighted by molar-refractivity contribution is 7.89. The molecule has 0 saturated carbocycles. The largest absolute Gasteiger partial charge is 0.398 e. The normalized spacial score (nSPS) is 12.7. The molecule has 1 aromatic rings. The smallest absolute Gasteiger partial charge is 0.241 e. The van der Waals surface area contributed by atoms with Crippen LogP contribution in [0.25, 0.3) is 0 Å². The molecular formula is C13H21ClN2O3S. The molecule has 0 saturated heterocycles. The van der Waals surface area contributed by atoms with E-state index in [0.717, 1.165) is 0 Å². The molecule has 4 N–H and O–H groups in total. The van der Waals surface area contributed by atoms with Gasteiger partial charge in [0.05, 0.1) is 17.0 Å². The first kappa shape index (κ1) is 17.2. The Hall–Kier alpha value is -0.820. The van der Waals surface area contributed by atoms with Crippen molar-refractivity contribution < 1.29 is 13.5 Å². The minimum atomic E-state index is -3.80. The summed E-state index contributed by atoms with van der Waals surface area (Å²) >= 11 is 5.88. The van der Waals surface area contributed by atoms with Crippen molar-refractivity contribution in [3.8, 4) is 0 Å². The summed E-state index contributed by atoms with van der Waals surface area (Å²) in [6, 6.07) is 2.87. The van der Waals surface area contributed by atoms with E-state index < -0.39 is 15.6 Å². The van der Waals surface area contributed by atoms with Crippen molar-refractivity contribution in [1.29, 1.82) is 0 Å².